The normalized spacial score (nSPS) is 15.1. The second-order valence-electron chi connectivity index (χ2n) is 22.1. The van der Waals surface area contributed by atoms with E-state index >= 15 is 0 Å². The maximum atomic E-state index is 12.9. The maximum Gasteiger partial charge on any atom is 0.416 e. The molecule has 0 spiro atoms. The van der Waals surface area contributed by atoms with Gasteiger partial charge in [-0.1, -0.05) is 29.8 Å². The summed E-state index contributed by atoms with van der Waals surface area (Å²) in [6.07, 6.45) is 0.487. The van der Waals surface area contributed by atoms with Gasteiger partial charge in [0, 0.05) is 187 Å². The molecule has 474 valence electrons. The molecule has 3 aliphatic heterocycles. The lowest BCUT2D eigenvalue weighted by Gasteiger charge is -2.36. The summed E-state index contributed by atoms with van der Waals surface area (Å²) in [4.78, 5) is 85.0. The van der Waals surface area contributed by atoms with Gasteiger partial charge < -0.3 is 35.4 Å². The molecular formula is C61H85ClF3N15O7. The third-order valence-electron chi connectivity index (χ3n) is 16.2. The van der Waals surface area contributed by atoms with Crippen molar-refractivity contribution < 1.29 is 17.9 Å². The van der Waals surface area contributed by atoms with Crippen LogP contribution in [0.4, 0.5) is 47.7 Å². The number of piperazine rings is 3. The van der Waals surface area contributed by atoms with E-state index in [4.69, 9.17) is 16.3 Å². The van der Waals surface area contributed by atoms with Crippen molar-refractivity contribution in [3.63, 3.8) is 0 Å². The number of nitrogens with one attached hydrogen (secondary N) is 3. The lowest BCUT2D eigenvalue weighted by Crippen LogP contribution is -2.46. The summed E-state index contributed by atoms with van der Waals surface area (Å²) < 4.78 is 51.7. The molecular weight excluding hydrogens is 1150 g/mol. The number of methoxy groups -OCH3 is 1. The van der Waals surface area contributed by atoms with Crippen LogP contribution in [0.2, 0.25) is 5.02 Å². The molecule has 3 saturated heterocycles. The van der Waals surface area contributed by atoms with Gasteiger partial charge in [0.15, 0.2) is 0 Å². The topological polar surface area (TPSA) is 197 Å². The molecule has 3 N–H and O–H groups in total. The molecule has 3 aliphatic rings. The highest BCUT2D eigenvalue weighted by atomic mass is 35.5. The number of nitrogens with zero attached hydrogens (tertiary/aromatic N) is 12. The molecule has 22 nitrogen and oxygen atoms in total. The van der Waals surface area contributed by atoms with Gasteiger partial charge in [0.05, 0.1) is 12.7 Å². The van der Waals surface area contributed by atoms with Crippen LogP contribution in [0.3, 0.4) is 0 Å². The Bertz CT molecular complexity index is 3580. The molecule has 0 radical (unpaired) electrons. The van der Waals surface area contributed by atoms with Crippen LogP contribution >= 0.6 is 11.6 Å². The molecule has 26 heteroatoms. The Morgan fingerprint density at radius 1 is 0.425 bits per heavy atom. The van der Waals surface area contributed by atoms with Crippen LogP contribution in [0.1, 0.15) is 37.7 Å². The third kappa shape index (κ3) is 18.9. The first kappa shape index (κ1) is 66.8. The fourth-order valence-electron chi connectivity index (χ4n) is 10.6. The fraction of sp³-hybridized carbons (Fsp3) is 0.508. The number of hydrogen-bond donors (Lipinski definition) is 3. The highest BCUT2D eigenvalue weighted by Crippen LogP contribution is 2.32. The standard InChI is InChI=1S/C21H28F3N5O2.C20H28ClN5O2.C20H29N5O3/c1-26-18(15-19(30)27(2)20(26)31)25-8-3-4-9-28-10-12-29(13-11-28)17-7-5-6-16(14-17)21(22,23)24;1-23-18(15-19(27)24(2)20(23)28)22-8-3-4-9-25-10-12-26(13-11-25)17-7-5-6-16(21)14-17;1-22-18(15-19(26)23(2)20(22)27)21-8-5-9-24-10-12-25(13-11-24)16-6-4-7-17(14-16)28-3/h5-7,14-15,25H,3-4,8-13H2,1-2H3;5-7,14-15,22H,3-4,8-13H2,1-2H3;4,6-7,14-15,21H,5,8-13H2,1-3H3. The van der Waals surface area contributed by atoms with Crippen molar-refractivity contribution in [3.05, 3.63) is 164 Å². The van der Waals surface area contributed by atoms with Crippen molar-refractivity contribution in [1.82, 2.24) is 42.1 Å². The number of benzene rings is 3. The summed E-state index contributed by atoms with van der Waals surface area (Å²) in [5.74, 6) is 2.53. The molecule has 3 fully saturated rings. The lowest BCUT2D eigenvalue weighted by molar-refractivity contribution is -0.137. The highest BCUT2D eigenvalue weighted by molar-refractivity contribution is 6.30. The first-order chi connectivity index (χ1) is 41.6. The van der Waals surface area contributed by atoms with Crippen molar-refractivity contribution in [3.8, 4) is 5.75 Å². The van der Waals surface area contributed by atoms with Crippen molar-refractivity contribution in [2.24, 2.45) is 42.3 Å². The lowest BCUT2D eigenvalue weighted by atomic mass is 10.1. The van der Waals surface area contributed by atoms with Crippen molar-refractivity contribution >= 4 is 46.1 Å². The van der Waals surface area contributed by atoms with Crippen molar-refractivity contribution in [2.45, 2.75) is 38.3 Å². The minimum Gasteiger partial charge on any atom is -0.497 e. The molecule has 3 aromatic carbocycles. The first-order valence-electron chi connectivity index (χ1n) is 29.6. The monoisotopic (exact) mass is 1230 g/mol. The second-order valence-corrected chi connectivity index (χ2v) is 22.5. The first-order valence-corrected chi connectivity index (χ1v) is 30.0. The minimum absolute atomic E-state index is 0.289. The van der Waals surface area contributed by atoms with E-state index < -0.39 is 11.7 Å². The number of unbranched alkanes of at least 4 members (excludes halogenated alkanes) is 2. The van der Waals surface area contributed by atoms with E-state index in [1.54, 1.807) is 34.3 Å². The summed E-state index contributed by atoms with van der Waals surface area (Å²) in [7, 11) is 11.1. The van der Waals surface area contributed by atoms with Gasteiger partial charge in [-0.05, 0) is 100 Å². The van der Waals surface area contributed by atoms with Gasteiger partial charge in [0.1, 0.15) is 23.2 Å². The molecule has 0 aliphatic carbocycles. The smallest absolute Gasteiger partial charge is 0.416 e. The van der Waals surface area contributed by atoms with E-state index in [0.717, 1.165) is 161 Å². The molecule has 6 aromatic rings. The Morgan fingerprint density at radius 3 is 1.15 bits per heavy atom. The number of anilines is 6. The summed E-state index contributed by atoms with van der Waals surface area (Å²) in [5.41, 5.74) is 0.465. The van der Waals surface area contributed by atoms with Crippen LogP contribution in [0, 0.1) is 0 Å². The van der Waals surface area contributed by atoms with Gasteiger partial charge in [0.2, 0.25) is 0 Å². The fourth-order valence-corrected chi connectivity index (χ4v) is 10.8. The zero-order chi connectivity index (χ0) is 62.8. The summed E-state index contributed by atoms with van der Waals surface area (Å²) in [5, 5.41) is 10.3. The summed E-state index contributed by atoms with van der Waals surface area (Å²) >= 11 is 6.09. The van der Waals surface area contributed by atoms with E-state index in [1.165, 1.54) is 76.6 Å². The van der Waals surface area contributed by atoms with E-state index in [2.05, 4.69) is 58.6 Å². The van der Waals surface area contributed by atoms with Gasteiger partial charge in [0.25, 0.3) is 16.7 Å². The average molecular weight is 1230 g/mol. The van der Waals surface area contributed by atoms with E-state index in [-0.39, 0.29) is 33.7 Å². The number of ether oxygens (including phenoxy) is 1. The van der Waals surface area contributed by atoms with Gasteiger partial charge in [-0.3, -0.25) is 56.5 Å². The minimum atomic E-state index is -4.33. The largest absolute Gasteiger partial charge is 0.497 e. The molecule has 9 rings (SSSR count). The SMILES string of the molecule is COc1cccc(N2CCN(CCCNc3cc(=O)n(C)c(=O)n3C)CC2)c1.Cn1c(NCCCCN2CCN(c3cccc(C(F)(F)F)c3)CC2)cc(=O)n(C)c1=O.Cn1c(NCCCCN2CCN(c3cccc(Cl)c3)CC2)cc(=O)n(C)c1=O. The number of aromatic nitrogens is 6. The Morgan fingerprint density at radius 2 is 0.770 bits per heavy atom. The Kier molecular flexibility index (Phi) is 24.4. The predicted octanol–water partition coefficient (Wildman–Crippen LogP) is 4.59. The molecule has 0 bridgehead atoms. The molecule has 87 heavy (non-hydrogen) atoms. The van der Waals surface area contributed by atoms with Crippen LogP contribution in [0.15, 0.2) is 120 Å². The predicted molar refractivity (Wildman–Crippen MR) is 341 cm³/mol. The number of alkyl halides is 3. The van der Waals surface area contributed by atoms with E-state index in [9.17, 15) is 41.9 Å². The Balaban J connectivity index is 0.000000187. The molecule has 3 aromatic heterocycles. The zero-order valence-corrected chi connectivity index (χ0v) is 51.9. The van der Waals surface area contributed by atoms with Gasteiger partial charge in [-0.25, -0.2) is 14.4 Å². The third-order valence-corrected chi connectivity index (χ3v) is 16.4. The average Bonchev–Trinajstić information content (AvgIpc) is 2.79. The van der Waals surface area contributed by atoms with Crippen LogP contribution in [-0.2, 0) is 48.5 Å². The molecule has 0 amide bonds. The molecule has 0 saturated carbocycles. The van der Waals surface area contributed by atoms with E-state index in [0.29, 0.717) is 42.8 Å². The van der Waals surface area contributed by atoms with E-state index in [1.807, 2.05) is 35.2 Å². The van der Waals surface area contributed by atoms with Crippen molar-refractivity contribution in [2.75, 3.05) is 156 Å². The maximum absolute atomic E-state index is 12.9. The second kappa shape index (κ2) is 31.8. The molecule has 0 atom stereocenters. The van der Waals surface area contributed by atoms with Crippen LogP contribution < -0.4 is 69.1 Å². The number of hydrogen-bond acceptors (Lipinski definition) is 16. The Labute approximate surface area is 510 Å². The molecule has 6 heterocycles. The van der Waals surface area contributed by atoms with Crippen LogP contribution in [-0.4, -0.2) is 167 Å². The van der Waals surface area contributed by atoms with Crippen LogP contribution in [0.25, 0.3) is 0 Å². The van der Waals surface area contributed by atoms with Gasteiger partial charge >= 0.3 is 23.2 Å². The zero-order valence-electron chi connectivity index (χ0n) is 51.2. The Hall–Kier alpha value is -7.74. The highest BCUT2D eigenvalue weighted by Gasteiger charge is 2.31. The summed E-state index contributed by atoms with van der Waals surface area (Å²) in [6.45, 7) is 16.1. The molecule has 0 unspecified atom stereocenters. The number of halogens is 4. The van der Waals surface area contributed by atoms with Crippen molar-refractivity contribution in [1.29, 1.82) is 0 Å². The van der Waals surface area contributed by atoms with Crippen LogP contribution in [0.5, 0.6) is 5.75 Å². The summed E-state index contributed by atoms with van der Waals surface area (Å²) in [6, 6.07) is 26.0. The van der Waals surface area contributed by atoms with Gasteiger partial charge in [-0.15, -0.1) is 0 Å². The number of rotatable bonds is 21. The van der Waals surface area contributed by atoms with Gasteiger partial charge in [-0.2, -0.15) is 13.2 Å². The quantitative estimate of drug-likeness (QED) is 0.0847.